The molecule has 1 atom stereocenters. The van der Waals surface area contributed by atoms with Crippen molar-refractivity contribution < 1.29 is 19.8 Å². The number of aliphatic carboxylic acids is 1. The number of rotatable bonds is 6. The molecule has 6 heteroatoms. The smallest absolute Gasteiger partial charge is 0.337 e. The molecule has 1 unspecified atom stereocenters. The summed E-state index contributed by atoms with van der Waals surface area (Å²) in [6.07, 6.45) is 0. The Kier molecular flexibility index (Phi) is 4.67. The van der Waals surface area contributed by atoms with Gasteiger partial charge in [-0.15, -0.1) is 0 Å². The van der Waals surface area contributed by atoms with Gasteiger partial charge in [0.05, 0.1) is 13.1 Å². The van der Waals surface area contributed by atoms with Crippen molar-refractivity contribution in [1.29, 1.82) is 0 Å². The summed E-state index contributed by atoms with van der Waals surface area (Å²) in [6.45, 7) is 0.803. The molecule has 4 N–H and O–H groups in total. The van der Waals surface area contributed by atoms with Gasteiger partial charge < -0.3 is 20.8 Å². The molecule has 0 saturated heterocycles. The first kappa shape index (κ1) is 14.0. The van der Waals surface area contributed by atoms with Gasteiger partial charge in [-0.2, -0.15) is 0 Å². The molecule has 98 valence electrons. The third-order valence-electron chi connectivity index (χ3n) is 2.32. The molecule has 1 amide bonds. The van der Waals surface area contributed by atoms with Crippen LogP contribution in [-0.4, -0.2) is 40.8 Å². The number of benzene rings is 1. The highest BCUT2D eigenvalue weighted by molar-refractivity contribution is 5.82. The number of hydrogen-bond acceptors (Lipinski definition) is 4. The Morgan fingerprint density at radius 1 is 1.28 bits per heavy atom. The quantitative estimate of drug-likeness (QED) is 0.573. The third-order valence-corrected chi connectivity index (χ3v) is 2.32. The van der Waals surface area contributed by atoms with E-state index < -0.39 is 11.6 Å². The van der Waals surface area contributed by atoms with Crippen molar-refractivity contribution in [3.8, 4) is 0 Å². The van der Waals surface area contributed by atoms with Gasteiger partial charge in [0.25, 0.3) is 0 Å². The predicted molar refractivity (Wildman–Crippen MR) is 66.2 cm³/mol. The van der Waals surface area contributed by atoms with Crippen molar-refractivity contribution in [2.75, 3.05) is 18.4 Å². The topological polar surface area (TPSA) is 98.7 Å². The minimum absolute atomic E-state index is 0.0136. The first-order chi connectivity index (χ1) is 8.42. The van der Waals surface area contributed by atoms with Crippen molar-refractivity contribution in [1.82, 2.24) is 5.32 Å². The van der Waals surface area contributed by atoms with E-state index in [1.807, 2.05) is 18.2 Å². The minimum atomic E-state index is -1.96. The van der Waals surface area contributed by atoms with Crippen LogP contribution in [0.1, 0.15) is 6.92 Å². The first-order valence-electron chi connectivity index (χ1n) is 5.43. The highest BCUT2D eigenvalue weighted by Gasteiger charge is 2.30. The Bertz CT molecular complexity index is 417. The zero-order valence-corrected chi connectivity index (χ0v) is 10.0. The summed E-state index contributed by atoms with van der Waals surface area (Å²) >= 11 is 0. The number of aliphatic hydroxyl groups is 1. The molecule has 6 nitrogen and oxygen atoms in total. The Labute approximate surface area is 105 Å². The molecule has 0 spiro atoms. The summed E-state index contributed by atoms with van der Waals surface area (Å²) in [6, 6.07) is 9.13. The molecule has 0 heterocycles. The molecule has 0 bridgehead atoms. The number of para-hydroxylation sites is 1. The monoisotopic (exact) mass is 252 g/mol. The second kappa shape index (κ2) is 6.02. The lowest BCUT2D eigenvalue weighted by Crippen LogP contribution is -2.47. The van der Waals surface area contributed by atoms with Crippen LogP contribution in [0.15, 0.2) is 30.3 Å². The van der Waals surface area contributed by atoms with Crippen LogP contribution in [-0.2, 0) is 9.59 Å². The maximum Gasteiger partial charge on any atom is 0.337 e. The number of amides is 1. The highest BCUT2D eigenvalue weighted by Crippen LogP contribution is 2.04. The van der Waals surface area contributed by atoms with E-state index in [-0.39, 0.29) is 19.0 Å². The van der Waals surface area contributed by atoms with Crippen molar-refractivity contribution >= 4 is 17.6 Å². The molecule has 0 aliphatic carbocycles. The van der Waals surface area contributed by atoms with Crippen LogP contribution < -0.4 is 10.6 Å². The second-order valence-electron chi connectivity index (χ2n) is 4.08. The average molecular weight is 252 g/mol. The fraction of sp³-hybridized carbons (Fsp3) is 0.333. The average Bonchev–Trinajstić information content (AvgIpc) is 2.35. The number of carboxylic acids is 1. The first-order valence-corrected chi connectivity index (χ1v) is 5.43. The van der Waals surface area contributed by atoms with Crippen LogP contribution in [0.25, 0.3) is 0 Å². The Balaban J connectivity index is 2.33. The van der Waals surface area contributed by atoms with Crippen molar-refractivity contribution in [2.24, 2.45) is 0 Å². The summed E-state index contributed by atoms with van der Waals surface area (Å²) in [5.74, 6) is -1.76. The fourth-order valence-electron chi connectivity index (χ4n) is 1.15. The zero-order valence-electron chi connectivity index (χ0n) is 10.0. The molecule has 18 heavy (non-hydrogen) atoms. The van der Waals surface area contributed by atoms with E-state index in [2.05, 4.69) is 10.6 Å². The van der Waals surface area contributed by atoms with E-state index in [1.165, 1.54) is 0 Å². The fourth-order valence-corrected chi connectivity index (χ4v) is 1.15. The van der Waals surface area contributed by atoms with Crippen LogP contribution in [0, 0.1) is 0 Å². The number of carboxylic acid groups (broad SMARTS) is 1. The van der Waals surface area contributed by atoms with Gasteiger partial charge in [0.1, 0.15) is 0 Å². The van der Waals surface area contributed by atoms with Crippen LogP contribution >= 0.6 is 0 Å². The molecule has 0 aliphatic rings. The third kappa shape index (κ3) is 4.42. The van der Waals surface area contributed by atoms with Crippen molar-refractivity contribution in [3.63, 3.8) is 0 Å². The second-order valence-corrected chi connectivity index (χ2v) is 4.08. The molecule has 1 rings (SSSR count). The summed E-state index contributed by atoms with van der Waals surface area (Å²) < 4.78 is 0. The normalized spacial score (nSPS) is 13.4. The van der Waals surface area contributed by atoms with E-state index in [1.54, 1.807) is 12.1 Å². The van der Waals surface area contributed by atoms with Gasteiger partial charge in [0.2, 0.25) is 5.91 Å². The summed E-state index contributed by atoms with van der Waals surface area (Å²) in [5, 5.41) is 23.2. The number of carbonyl (C=O) groups is 2. The molecular formula is C12H16N2O4. The summed E-state index contributed by atoms with van der Waals surface area (Å²) in [7, 11) is 0. The molecule has 1 aromatic carbocycles. The SMILES string of the molecule is CC(O)(CNC(=O)CNc1ccccc1)C(=O)O. The van der Waals surface area contributed by atoms with Gasteiger partial charge in [-0.3, -0.25) is 4.79 Å². The van der Waals surface area contributed by atoms with Gasteiger partial charge in [0.15, 0.2) is 5.60 Å². The number of carbonyl (C=O) groups excluding carboxylic acids is 1. The molecular weight excluding hydrogens is 236 g/mol. The largest absolute Gasteiger partial charge is 0.479 e. The summed E-state index contributed by atoms with van der Waals surface area (Å²) in [4.78, 5) is 22.0. The lowest BCUT2D eigenvalue weighted by atomic mass is 10.1. The summed E-state index contributed by atoms with van der Waals surface area (Å²) in [5.41, 5.74) is -1.17. The standard InChI is InChI=1S/C12H16N2O4/c1-12(18,11(16)17)8-14-10(15)7-13-9-5-3-2-4-6-9/h2-6,13,18H,7-8H2,1H3,(H,14,15)(H,16,17). The van der Waals surface area contributed by atoms with Crippen LogP contribution in [0.5, 0.6) is 0 Å². The van der Waals surface area contributed by atoms with Gasteiger partial charge >= 0.3 is 5.97 Å². The number of nitrogens with one attached hydrogen (secondary N) is 2. The van der Waals surface area contributed by atoms with Gasteiger partial charge in [-0.25, -0.2) is 4.79 Å². The zero-order chi connectivity index (χ0) is 13.6. The molecule has 0 saturated carbocycles. The minimum Gasteiger partial charge on any atom is -0.479 e. The van der Waals surface area contributed by atoms with Crippen molar-refractivity contribution in [2.45, 2.75) is 12.5 Å². The van der Waals surface area contributed by atoms with Gasteiger partial charge in [-0.1, -0.05) is 18.2 Å². The molecule has 0 radical (unpaired) electrons. The van der Waals surface area contributed by atoms with E-state index >= 15 is 0 Å². The van der Waals surface area contributed by atoms with Gasteiger partial charge in [0, 0.05) is 5.69 Å². The number of anilines is 1. The van der Waals surface area contributed by atoms with Gasteiger partial charge in [-0.05, 0) is 19.1 Å². The van der Waals surface area contributed by atoms with Crippen LogP contribution in [0.3, 0.4) is 0 Å². The van der Waals surface area contributed by atoms with Crippen LogP contribution in [0.2, 0.25) is 0 Å². The Morgan fingerprint density at radius 3 is 2.44 bits per heavy atom. The van der Waals surface area contributed by atoms with Crippen LogP contribution in [0.4, 0.5) is 5.69 Å². The Morgan fingerprint density at radius 2 is 1.89 bits per heavy atom. The molecule has 1 aromatic rings. The number of hydrogen-bond donors (Lipinski definition) is 4. The highest BCUT2D eigenvalue weighted by atomic mass is 16.4. The molecule has 0 aromatic heterocycles. The molecule has 0 fully saturated rings. The Hall–Kier alpha value is -2.08. The predicted octanol–water partition coefficient (Wildman–Crippen LogP) is 0.0503. The molecule has 0 aliphatic heterocycles. The lowest BCUT2D eigenvalue weighted by molar-refractivity contribution is -0.156. The maximum atomic E-state index is 11.4. The van der Waals surface area contributed by atoms with E-state index in [0.717, 1.165) is 12.6 Å². The van der Waals surface area contributed by atoms with E-state index in [9.17, 15) is 14.7 Å². The van der Waals surface area contributed by atoms with Crippen molar-refractivity contribution in [3.05, 3.63) is 30.3 Å². The maximum absolute atomic E-state index is 11.4. The lowest BCUT2D eigenvalue weighted by Gasteiger charge is -2.18. The van der Waals surface area contributed by atoms with E-state index in [0.29, 0.717) is 0 Å². The van der Waals surface area contributed by atoms with E-state index in [4.69, 9.17) is 5.11 Å².